The van der Waals surface area contributed by atoms with Crippen LogP contribution < -0.4 is 0 Å². The summed E-state index contributed by atoms with van der Waals surface area (Å²) in [5.41, 5.74) is 0. The van der Waals surface area contributed by atoms with E-state index < -0.39 is 0 Å². The van der Waals surface area contributed by atoms with Crippen molar-refractivity contribution in [1.82, 2.24) is 14.7 Å². The highest BCUT2D eigenvalue weighted by atomic mass is 15.3. The fourth-order valence-electron chi connectivity index (χ4n) is 2.84. The molecule has 2 aliphatic rings. The Morgan fingerprint density at radius 2 is 1.41 bits per heavy atom. The Kier molecular flexibility index (Phi) is 7.09. The first-order valence-electron chi connectivity index (χ1n) is 7.52. The number of likely N-dealkylation sites (N-methyl/N-ethyl adjacent to an activating group) is 2. The SMILES string of the molecule is CC.CCN1CCN(C2CCN(CC)C2)CC1. The molecule has 1 unspecified atom stereocenters. The molecule has 0 N–H and O–H groups in total. The number of hydrogen-bond acceptors (Lipinski definition) is 3. The Labute approximate surface area is 108 Å². The van der Waals surface area contributed by atoms with Crippen LogP contribution in [0.15, 0.2) is 0 Å². The van der Waals surface area contributed by atoms with Crippen molar-refractivity contribution in [3.8, 4) is 0 Å². The van der Waals surface area contributed by atoms with Crippen molar-refractivity contribution in [3.05, 3.63) is 0 Å². The Balaban J connectivity index is 0.000000686. The van der Waals surface area contributed by atoms with Crippen LogP contribution in [0.25, 0.3) is 0 Å². The molecule has 0 saturated carbocycles. The van der Waals surface area contributed by atoms with E-state index in [-0.39, 0.29) is 0 Å². The summed E-state index contributed by atoms with van der Waals surface area (Å²) in [5.74, 6) is 0. The van der Waals surface area contributed by atoms with Crippen LogP contribution in [-0.2, 0) is 0 Å². The summed E-state index contributed by atoms with van der Waals surface area (Å²) < 4.78 is 0. The predicted molar refractivity (Wildman–Crippen MR) is 75.6 cm³/mol. The topological polar surface area (TPSA) is 9.72 Å². The van der Waals surface area contributed by atoms with Gasteiger partial charge in [0, 0.05) is 38.8 Å². The zero-order valence-corrected chi connectivity index (χ0v) is 12.3. The second kappa shape index (κ2) is 8.06. The first kappa shape index (κ1) is 14.9. The van der Waals surface area contributed by atoms with Crippen LogP contribution in [0.2, 0.25) is 0 Å². The Morgan fingerprint density at radius 3 is 1.88 bits per heavy atom. The molecule has 2 rings (SSSR count). The number of piperazine rings is 1. The summed E-state index contributed by atoms with van der Waals surface area (Å²) in [6.45, 7) is 18.7. The lowest BCUT2D eigenvalue weighted by molar-refractivity contribution is 0.101. The van der Waals surface area contributed by atoms with Gasteiger partial charge in [0.15, 0.2) is 0 Å². The van der Waals surface area contributed by atoms with Crippen molar-refractivity contribution in [2.75, 3.05) is 52.4 Å². The number of hydrogen-bond donors (Lipinski definition) is 0. The molecule has 102 valence electrons. The third-order valence-corrected chi connectivity index (χ3v) is 4.07. The van der Waals surface area contributed by atoms with E-state index in [4.69, 9.17) is 0 Å². The smallest absolute Gasteiger partial charge is 0.0236 e. The summed E-state index contributed by atoms with van der Waals surface area (Å²) in [6, 6.07) is 0.851. The van der Waals surface area contributed by atoms with Crippen molar-refractivity contribution in [3.63, 3.8) is 0 Å². The summed E-state index contributed by atoms with van der Waals surface area (Å²) in [5, 5.41) is 0. The molecule has 2 saturated heterocycles. The van der Waals surface area contributed by atoms with Crippen molar-refractivity contribution in [2.45, 2.75) is 40.2 Å². The zero-order valence-electron chi connectivity index (χ0n) is 12.3. The highest BCUT2D eigenvalue weighted by Gasteiger charge is 2.28. The van der Waals surface area contributed by atoms with E-state index in [0.29, 0.717) is 0 Å². The summed E-state index contributed by atoms with van der Waals surface area (Å²) in [4.78, 5) is 7.85. The molecule has 3 nitrogen and oxygen atoms in total. The third kappa shape index (κ3) is 4.23. The van der Waals surface area contributed by atoms with Crippen LogP contribution in [0, 0.1) is 0 Å². The molecule has 0 bridgehead atoms. The molecular weight excluding hydrogens is 210 g/mol. The van der Waals surface area contributed by atoms with E-state index >= 15 is 0 Å². The van der Waals surface area contributed by atoms with Crippen LogP contribution in [0.3, 0.4) is 0 Å². The molecule has 1 atom stereocenters. The molecule has 0 aromatic carbocycles. The highest BCUT2D eigenvalue weighted by molar-refractivity contribution is 4.85. The molecule has 0 spiro atoms. The van der Waals surface area contributed by atoms with E-state index in [9.17, 15) is 0 Å². The first-order chi connectivity index (χ1) is 8.33. The second-order valence-electron chi connectivity index (χ2n) is 4.81. The van der Waals surface area contributed by atoms with Crippen LogP contribution in [0.4, 0.5) is 0 Å². The van der Waals surface area contributed by atoms with Gasteiger partial charge in [0.1, 0.15) is 0 Å². The first-order valence-corrected chi connectivity index (χ1v) is 7.52. The van der Waals surface area contributed by atoms with Gasteiger partial charge < -0.3 is 9.80 Å². The highest BCUT2D eigenvalue weighted by Crippen LogP contribution is 2.16. The maximum atomic E-state index is 2.71. The van der Waals surface area contributed by atoms with E-state index in [2.05, 4.69) is 28.5 Å². The summed E-state index contributed by atoms with van der Waals surface area (Å²) in [6.07, 6.45) is 1.39. The average molecular weight is 241 g/mol. The molecule has 2 heterocycles. The minimum absolute atomic E-state index is 0.851. The molecule has 3 heteroatoms. The second-order valence-corrected chi connectivity index (χ2v) is 4.81. The third-order valence-electron chi connectivity index (χ3n) is 4.07. The number of nitrogens with zero attached hydrogens (tertiary/aromatic N) is 3. The lowest BCUT2D eigenvalue weighted by atomic mass is 10.2. The minimum Gasteiger partial charge on any atom is -0.302 e. The number of rotatable bonds is 3. The van der Waals surface area contributed by atoms with Gasteiger partial charge in [-0.3, -0.25) is 4.90 Å². The predicted octanol–water partition coefficient (Wildman–Crippen LogP) is 1.74. The minimum atomic E-state index is 0.851. The van der Waals surface area contributed by atoms with Gasteiger partial charge in [-0.1, -0.05) is 27.7 Å². The molecule has 2 aliphatic heterocycles. The van der Waals surface area contributed by atoms with Crippen molar-refractivity contribution in [1.29, 1.82) is 0 Å². The molecule has 0 amide bonds. The maximum absolute atomic E-state index is 2.71. The lowest BCUT2D eigenvalue weighted by Crippen LogP contribution is -2.50. The average Bonchev–Trinajstić information content (AvgIpc) is 2.90. The fraction of sp³-hybridized carbons (Fsp3) is 1.00. The normalized spacial score (nSPS) is 27.9. The quantitative estimate of drug-likeness (QED) is 0.745. The molecule has 0 radical (unpaired) electrons. The molecule has 0 aliphatic carbocycles. The van der Waals surface area contributed by atoms with Gasteiger partial charge in [-0.25, -0.2) is 0 Å². The molecule has 0 aromatic heterocycles. The van der Waals surface area contributed by atoms with E-state index in [1.165, 1.54) is 58.8 Å². The van der Waals surface area contributed by atoms with Crippen LogP contribution in [0.5, 0.6) is 0 Å². The molecule has 0 aromatic rings. The number of likely N-dealkylation sites (tertiary alicyclic amines) is 1. The lowest BCUT2D eigenvalue weighted by Gasteiger charge is -2.37. The maximum Gasteiger partial charge on any atom is 0.0236 e. The molecule has 17 heavy (non-hydrogen) atoms. The van der Waals surface area contributed by atoms with E-state index in [1.807, 2.05) is 13.8 Å². The van der Waals surface area contributed by atoms with Crippen LogP contribution >= 0.6 is 0 Å². The van der Waals surface area contributed by atoms with Crippen molar-refractivity contribution < 1.29 is 0 Å². The van der Waals surface area contributed by atoms with E-state index in [1.54, 1.807) is 0 Å². The van der Waals surface area contributed by atoms with Gasteiger partial charge in [0.05, 0.1) is 0 Å². The van der Waals surface area contributed by atoms with Gasteiger partial charge in [0.2, 0.25) is 0 Å². The molecule has 2 fully saturated rings. The van der Waals surface area contributed by atoms with E-state index in [0.717, 1.165) is 6.04 Å². The molecular formula is C14H31N3. The Hall–Kier alpha value is -0.120. The van der Waals surface area contributed by atoms with Crippen LogP contribution in [0.1, 0.15) is 34.1 Å². The monoisotopic (exact) mass is 241 g/mol. The fourth-order valence-corrected chi connectivity index (χ4v) is 2.84. The van der Waals surface area contributed by atoms with Gasteiger partial charge >= 0.3 is 0 Å². The zero-order chi connectivity index (χ0) is 12.7. The summed E-state index contributed by atoms with van der Waals surface area (Å²) >= 11 is 0. The van der Waals surface area contributed by atoms with Crippen molar-refractivity contribution in [2.24, 2.45) is 0 Å². The summed E-state index contributed by atoms with van der Waals surface area (Å²) in [7, 11) is 0. The van der Waals surface area contributed by atoms with Gasteiger partial charge in [-0.05, 0) is 26.1 Å². The van der Waals surface area contributed by atoms with Gasteiger partial charge in [-0.15, -0.1) is 0 Å². The largest absolute Gasteiger partial charge is 0.302 e. The Morgan fingerprint density at radius 1 is 0.824 bits per heavy atom. The standard InChI is InChI=1S/C12H25N3.C2H6/c1-3-13-7-9-15(10-8-13)12-5-6-14(4-2)11-12;1-2/h12H,3-11H2,1-2H3;1-2H3. The van der Waals surface area contributed by atoms with Crippen molar-refractivity contribution >= 4 is 0 Å². The van der Waals surface area contributed by atoms with Gasteiger partial charge in [0.25, 0.3) is 0 Å². The van der Waals surface area contributed by atoms with Crippen LogP contribution in [-0.4, -0.2) is 73.1 Å². The van der Waals surface area contributed by atoms with Gasteiger partial charge in [-0.2, -0.15) is 0 Å². The Bertz CT molecular complexity index is 188.